The van der Waals surface area contributed by atoms with Gasteiger partial charge >= 0.3 is 18.9 Å². The zero-order valence-electron chi connectivity index (χ0n) is 17.3. The summed E-state index contributed by atoms with van der Waals surface area (Å²) in [5, 5.41) is 1.63. The summed E-state index contributed by atoms with van der Waals surface area (Å²) in [6, 6.07) is 18.5. The quantitative estimate of drug-likeness (QED) is 0.352. The number of fused-ring (bicyclic) bond motifs is 2. The summed E-state index contributed by atoms with van der Waals surface area (Å²) in [5.74, 6) is -0.505. The summed E-state index contributed by atoms with van der Waals surface area (Å²) >= 11 is 0. The molecule has 2 aromatic carbocycles. The van der Waals surface area contributed by atoms with E-state index in [1.165, 1.54) is 6.20 Å². The molecule has 139 valence electrons. The third-order valence-corrected chi connectivity index (χ3v) is 4.94. The van der Waals surface area contributed by atoms with E-state index in [1.807, 2.05) is 48.5 Å². The van der Waals surface area contributed by atoms with Gasteiger partial charge in [-0.1, -0.05) is 36.4 Å². The number of pyridine rings is 1. The van der Waals surface area contributed by atoms with Crippen LogP contribution in [0.25, 0.3) is 21.8 Å². The fourth-order valence-electron chi connectivity index (χ4n) is 3.56. The molecule has 3 radical (unpaired) electrons. The van der Waals surface area contributed by atoms with E-state index >= 15 is 0 Å². The third-order valence-electron chi connectivity index (χ3n) is 4.94. The van der Waals surface area contributed by atoms with Crippen molar-refractivity contribution in [2.24, 2.45) is 0 Å². The molecule has 0 aliphatic carbocycles. The summed E-state index contributed by atoms with van der Waals surface area (Å²) in [6.45, 7) is 0. The largest absolute Gasteiger partial charge is 1.00 e. The van der Waals surface area contributed by atoms with Gasteiger partial charge in [0.2, 0.25) is 5.78 Å². The van der Waals surface area contributed by atoms with Crippen LogP contribution in [0, 0.1) is 0 Å². The molecule has 0 saturated carbocycles. The molecule has 5 rings (SSSR count). The normalized spacial score (nSPS) is 10.4. The van der Waals surface area contributed by atoms with Crippen molar-refractivity contribution < 1.29 is 29.9 Å². The fourth-order valence-corrected chi connectivity index (χ4v) is 3.56. The topological polar surface area (TPSA) is 78.6 Å². The van der Waals surface area contributed by atoms with Crippen LogP contribution in [-0.2, 0) is 0 Å². The van der Waals surface area contributed by atoms with Crippen LogP contribution in [0.15, 0.2) is 79.3 Å². The molecule has 2 N–H and O–H groups in total. The van der Waals surface area contributed by atoms with Crippen LogP contribution >= 0.6 is 0 Å². The molecule has 0 amide bonds. The zero-order valence-corrected chi connectivity index (χ0v) is 17.5. The number of carbonyl (C=O) groups is 2. The molecule has 0 saturated heterocycles. The Labute approximate surface area is 196 Å². The Morgan fingerprint density at radius 3 is 1.83 bits per heavy atom. The van der Waals surface area contributed by atoms with Gasteiger partial charge in [-0.3, -0.25) is 14.6 Å². The van der Waals surface area contributed by atoms with Gasteiger partial charge in [0.25, 0.3) is 0 Å². The van der Waals surface area contributed by atoms with Crippen LogP contribution in [0.4, 0.5) is 0 Å². The van der Waals surface area contributed by atoms with Gasteiger partial charge in [-0.25, -0.2) is 0 Å². The van der Waals surface area contributed by atoms with E-state index in [1.54, 1.807) is 24.5 Å². The van der Waals surface area contributed by atoms with Gasteiger partial charge in [0.1, 0.15) is 5.69 Å². The van der Waals surface area contributed by atoms with Crippen LogP contribution in [0.5, 0.6) is 0 Å². The van der Waals surface area contributed by atoms with Gasteiger partial charge in [0.05, 0.1) is 5.56 Å². The summed E-state index contributed by atoms with van der Waals surface area (Å²) in [6.07, 6.45) is 4.88. The minimum atomic E-state index is -0.277. The first kappa shape index (κ1) is 21.8. The van der Waals surface area contributed by atoms with E-state index in [9.17, 15) is 9.59 Å². The molecule has 3 aromatic heterocycles. The first-order valence-corrected chi connectivity index (χ1v) is 8.90. The number of nitrogens with one attached hydrogen (secondary N) is 2. The number of aromatic nitrogens is 3. The standard InChI is InChI=1S/C23H15N3O2.Al.Li.H/c27-22(17-12-25-19-9-3-1-6-14(17)19)16-8-5-11-24-21(16)23(28)18-13-26-20-10-4-2-7-15(18)20;;;/h1-13,25-26H;;;/q;;+1;-1. The third kappa shape index (κ3) is 3.56. The smallest absolute Gasteiger partial charge is 1.00 e. The molecular weight excluding hydrogens is 384 g/mol. The number of aromatic amines is 2. The average molecular weight is 400 g/mol. The van der Waals surface area contributed by atoms with E-state index in [0.717, 1.165) is 21.8 Å². The molecule has 3 heterocycles. The molecule has 0 spiro atoms. The number of para-hydroxylation sites is 2. The number of hydrogen-bond acceptors (Lipinski definition) is 3. The van der Waals surface area contributed by atoms with Crippen molar-refractivity contribution in [3.8, 4) is 0 Å². The molecule has 0 bridgehead atoms. The number of ketones is 2. The minimum absolute atomic E-state index is 0. The van der Waals surface area contributed by atoms with Gasteiger partial charge in [0, 0.05) is 68.9 Å². The maximum Gasteiger partial charge on any atom is 1.00 e. The van der Waals surface area contributed by atoms with E-state index in [0.29, 0.717) is 16.7 Å². The van der Waals surface area contributed by atoms with Crippen LogP contribution in [-0.4, -0.2) is 43.9 Å². The van der Waals surface area contributed by atoms with Crippen LogP contribution < -0.4 is 18.9 Å². The van der Waals surface area contributed by atoms with Crippen LogP contribution in [0.2, 0.25) is 0 Å². The van der Waals surface area contributed by atoms with Crippen LogP contribution in [0.1, 0.15) is 33.4 Å². The molecule has 0 fully saturated rings. The zero-order chi connectivity index (χ0) is 19.1. The molecular formula is C23H16AlLiN3O2. The van der Waals surface area contributed by atoms with Crippen molar-refractivity contribution in [3.63, 3.8) is 0 Å². The Bertz CT molecular complexity index is 1270. The number of H-pyrrole nitrogens is 2. The Morgan fingerprint density at radius 1 is 0.700 bits per heavy atom. The predicted octanol–water partition coefficient (Wildman–Crippen LogP) is 1.24. The number of benzene rings is 2. The van der Waals surface area contributed by atoms with Gasteiger partial charge in [0.15, 0.2) is 5.78 Å². The van der Waals surface area contributed by atoms with Crippen molar-refractivity contribution in [2.75, 3.05) is 0 Å². The molecule has 30 heavy (non-hydrogen) atoms. The number of nitrogens with zero attached hydrogens (tertiary/aromatic N) is 1. The monoisotopic (exact) mass is 400 g/mol. The Hall–Kier alpha value is -2.86. The summed E-state index contributed by atoms with van der Waals surface area (Å²) < 4.78 is 0. The van der Waals surface area contributed by atoms with E-state index in [4.69, 9.17) is 0 Å². The van der Waals surface area contributed by atoms with E-state index in [2.05, 4.69) is 15.0 Å². The second kappa shape index (κ2) is 8.88. The Morgan fingerprint density at radius 2 is 1.23 bits per heavy atom. The maximum absolute atomic E-state index is 13.3. The second-order valence-electron chi connectivity index (χ2n) is 6.55. The second-order valence-corrected chi connectivity index (χ2v) is 6.55. The average Bonchev–Trinajstić information content (AvgIpc) is 3.37. The van der Waals surface area contributed by atoms with Crippen molar-refractivity contribution >= 4 is 50.7 Å². The molecule has 5 nitrogen and oxygen atoms in total. The summed E-state index contributed by atoms with van der Waals surface area (Å²) in [4.78, 5) is 37.0. The van der Waals surface area contributed by atoms with Gasteiger partial charge in [-0.05, 0) is 24.3 Å². The van der Waals surface area contributed by atoms with E-state index < -0.39 is 0 Å². The molecule has 0 aliphatic heterocycles. The minimum Gasteiger partial charge on any atom is -1.00 e. The number of carbonyl (C=O) groups excluding carboxylic acids is 2. The first-order chi connectivity index (χ1) is 13.7. The first-order valence-electron chi connectivity index (χ1n) is 8.90. The Kier molecular flexibility index (Phi) is 6.46. The molecule has 7 heteroatoms. The fraction of sp³-hybridized carbons (Fsp3) is 0. The molecule has 0 aliphatic rings. The van der Waals surface area contributed by atoms with Crippen molar-refractivity contribution in [2.45, 2.75) is 0 Å². The molecule has 0 atom stereocenters. The van der Waals surface area contributed by atoms with Crippen molar-refractivity contribution in [1.29, 1.82) is 0 Å². The van der Waals surface area contributed by atoms with Gasteiger partial charge in [-0.15, -0.1) is 0 Å². The number of hydrogen-bond donors (Lipinski definition) is 2. The van der Waals surface area contributed by atoms with Gasteiger partial charge in [-0.2, -0.15) is 0 Å². The summed E-state index contributed by atoms with van der Waals surface area (Å²) in [7, 11) is 0. The van der Waals surface area contributed by atoms with Crippen LogP contribution in [0.3, 0.4) is 0 Å². The SMILES string of the molecule is O=C(c1cccnc1C(=O)c1c[nH]c2ccccc12)c1c[nH]c2ccccc12.[Al].[H-].[Li+]. The van der Waals surface area contributed by atoms with Crippen molar-refractivity contribution in [1.82, 2.24) is 15.0 Å². The predicted molar refractivity (Wildman–Crippen MR) is 115 cm³/mol. The van der Waals surface area contributed by atoms with Gasteiger partial charge < -0.3 is 11.4 Å². The number of rotatable bonds is 4. The Balaban J connectivity index is 0.00000114. The molecule has 0 unspecified atom stereocenters. The van der Waals surface area contributed by atoms with Crippen molar-refractivity contribution in [3.05, 3.63) is 102 Å². The molecule has 5 aromatic rings. The van der Waals surface area contributed by atoms with E-state index in [-0.39, 0.29) is 54.9 Å². The maximum atomic E-state index is 13.3. The summed E-state index contributed by atoms with van der Waals surface area (Å²) in [5.41, 5.74) is 3.22.